The lowest BCUT2D eigenvalue weighted by Gasteiger charge is -2.08. The second-order valence-electron chi connectivity index (χ2n) is 2.54. The number of phenolic OH excluding ortho intramolecular Hbond substituents is 1. The summed E-state index contributed by atoms with van der Waals surface area (Å²) in [7, 11) is 0. The van der Waals surface area contributed by atoms with Crippen LogP contribution in [0.15, 0.2) is 17.0 Å². The highest BCUT2D eigenvalue weighted by molar-refractivity contribution is 7.98. The van der Waals surface area contributed by atoms with Gasteiger partial charge in [0.25, 0.3) is 0 Å². The number of hydrogen-bond acceptors (Lipinski definition) is 3. The first kappa shape index (κ1) is 9.26. The molecular weight excluding hydrogens is 170 g/mol. The van der Waals surface area contributed by atoms with Crippen LogP contribution in [0.25, 0.3) is 0 Å². The summed E-state index contributed by atoms with van der Waals surface area (Å²) in [5.41, 5.74) is 7.11. The molecule has 0 radical (unpaired) electrons. The van der Waals surface area contributed by atoms with E-state index in [9.17, 15) is 5.11 Å². The van der Waals surface area contributed by atoms with Gasteiger partial charge in [-0.1, -0.05) is 13.0 Å². The lowest BCUT2D eigenvalue weighted by molar-refractivity contribution is 0.470. The summed E-state index contributed by atoms with van der Waals surface area (Å²) >= 11 is 1.54. The predicted octanol–water partition coefficient (Wildman–Crippen LogP) is 2.26. The Balaban J connectivity index is 3.20. The maximum absolute atomic E-state index is 9.57. The zero-order valence-electron chi connectivity index (χ0n) is 7.29. The third-order valence-electron chi connectivity index (χ3n) is 1.86. The quantitative estimate of drug-likeness (QED) is 0.420. The molecule has 0 unspecified atom stereocenters. The molecule has 0 bridgehead atoms. The van der Waals surface area contributed by atoms with Crippen LogP contribution in [0.5, 0.6) is 5.75 Å². The molecule has 3 N–H and O–H groups in total. The molecule has 0 aliphatic rings. The molecule has 0 amide bonds. The lowest BCUT2D eigenvalue weighted by atomic mass is 10.1. The van der Waals surface area contributed by atoms with E-state index in [2.05, 4.69) is 0 Å². The summed E-state index contributed by atoms with van der Waals surface area (Å²) in [4.78, 5) is 0.935. The van der Waals surface area contributed by atoms with Gasteiger partial charge in [0.15, 0.2) is 0 Å². The molecule has 1 rings (SSSR count). The molecule has 0 spiro atoms. The number of benzene rings is 1. The molecule has 0 fully saturated rings. The highest BCUT2D eigenvalue weighted by Crippen LogP contribution is 2.33. The van der Waals surface area contributed by atoms with Gasteiger partial charge in [-0.3, -0.25) is 0 Å². The molecule has 1 aromatic carbocycles. The summed E-state index contributed by atoms with van der Waals surface area (Å²) < 4.78 is 0. The Morgan fingerprint density at radius 3 is 2.67 bits per heavy atom. The predicted molar refractivity (Wildman–Crippen MR) is 53.7 cm³/mol. The van der Waals surface area contributed by atoms with Crippen LogP contribution in [-0.2, 0) is 6.42 Å². The van der Waals surface area contributed by atoms with E-state index in [1.165, 1.54) is 0 Å². The number of thioether (sulfide) groups is 1. The van der Waals surface area contributed by atoms with Gasteiger partial charge < -0.3 is 10.8 Å². The van der Waals surface area contributed by atoms with Crippen molar-refractivity contribution >= 4 is 17.4 Å². The van der Waals surface area contributed by atoms with Crippen LogP contribution >= 0.6 is 11.8 Å². The van der Waals surface area contributed by atoms with Gasteiger partial charge in [0, 0.05) is 4.90 Å². The molecule has 0 aliphatic carbocycles. The zero-order chi connectivity index (χ0) is 9.14. The Labute approximate surface area is 76.8 Å². The average Bonchev–Trinajstić information content (AvgIpc) is 2.10. The van der Waals surface area contributed by atoms with Crippen LogP contribution in [0.3, 0.4) is 0 Å². The molecule has 3 heteroatoms. The number of aryl methyl sites for hydroxylation is 1. The topological polar surface area (TPSA) is 46.2 Å². The van der Waals surface area contributed by atoms with E-state index >= 15 is 0 Å². The molecule has 12 heavy (non-hydrogen) atoms. The van der Waals surface area contributed by atoms with E-state index < -0.39 is 0 Å². The smallest absolute Gasteiger partial charge is 0.142 e. The average molecular weight is 183 g/mol. The summed E-state index contributed by atoms with van der Waals surface area (Å²) in [5, 5.41) is 9.57. The van der Waals surface area contributed by atoms with Crippen molar-refractivity contribution in [3.63, 3.8) is 0 Å². The molecule has 0 saturated heterocycles. The van der Waals surface area contributed by atoms with Gasteiger partial charge in [-0.2, -0.15) is 0 Å². The van der Waals surface area contributed by atoms with Gasteiger partial charge in [-0.05, 0) is 24.3 Å². The van der Waals surface area contributed by atoms with Crippen LogP contribution in [-0.4, -0.2) is 11.4 Å². The number of anilines is 1. The maximum atomic E-state index is 9.57. The van der Waals surface area contributed by atoms with Crippen molar-refractivity contribution in [2.24, 2.45) is 0 Å². The van der Waals surface area contributed by atoms with Gasteiger partial charge in [-0.25, -0.2) is 0 Å². The third kappa shape index (κ3) is 1.50. The molecule has 0 atom stereocenters. The molecular formula is C9H13NOS. The van der Waals surface area contributed by atoms with Crippen molar-refractivity contribution < 1.29 is 5.11 Å². The van der Waals surface area contributed by atoms with Gasteiger partial charge in [0.05, 0.1) is 5.69 Å². The van der Waals surface area contributed by atoms with Gasteiger partial charge in [0.1, 0.15) is 5.75 Å². The molecule has 0 saturated carbocycles. The molecule has 0 aromatic heterocycles. The van der Waals surface area contributed by atoms with Crippen molar-refractivity contribution in [3.05, 3.63) is 17.7 Å². The Hall–Kier alpha value is -0.830. The number of nitrogen functional groups attached to an aromatic ring is 1. The van der Waals surface area contributed by atoms with Crippen LogP contribution in [0.1, 0.15) is 12.5 Å². The zero-order valence-corrected chi connectivity index (χ0v) is 8.11. The Bertz CT molecular complexity index is 257. The minimum Gasteiger partial charge on any atom is -0.505 e. The van der Waals surface area contributed by atoms with Gasteiger partial charge in [-0.15, -0.1) is 11.8 Å². The summed E-state index contributed by atoms with van der Waals surface area (Å²) in [6, 6.07) is 3.86. The summed E-state index contributed by atoms with van der Waals surface area (Å²) in [5.74, 6) is 0.240. The molecule has 0 heterocycles. The monoisotopic (exact) mass is 183 g/mol. The SMILES string of the molecule is CCc1ccc(SC)c(N)c1O. The fraction of sp³-hybridized carbons (Fsp3) is 0.333. The largest absolute Gasteiger partial charge is 0.505 e. The number of hydrogen-bond donors (Lipinski definition) is 2. The first-order valence-corrected chi connectivity index (χ1v) is 5.07. The Morgan fingerprint density at radius 2 is 2.17 bits per heavy atom. The number of aromatic hydroxyl groups is 1. The fourth-order valence-corrected chi connectivity index (χ4v) is 1.62. The summed E-state index contributed by atoms with van der Waals surface area (Å²) in [6.07, 6.45) is 2.75. The second-order valence-corrected chi connectivity index (χ2v) is 3.39. The van der Waals surface area contributed by atoms with Gasteiger partial charge in [0.2, 0.25) is 0 Å². The standard InChI is InChI=1S/C9H13NOS/c1-3-6-4-5-7(12-2)8(10)9(6)11/h4-5,11H,3,10H2,1-2H3. The van der Waals surface area contributed by atoms with Crippen LogP contribution in [0.2, 0.25) is 0 Å². The number of nitrogens with two attached hydrogens (primary N) is 1. The summed E-state index contributed by atoms with van der Waals surface area (Å²) in [6.45, 7) is 1.99. The number of rotatable bonds is 2. The van der Waals surface area contributed by atoms with E-state index in [0.29, 0.717) is 5.69 Å². The lowest BCUT2D eigenvalue weighted by Crippen LogP contribution is -1.92. The van der Waals surface area contributed by atoms with E-state index in [-0.39, 0.29) is 5.75 Å². The van der Waals surface area contributed by atoms with E-state index in [1.54, 1.807) is 11.8 Å². The molecule has 2 nitrogen and oxygen atoms in total. The second kappa shape index (κ2) is 3.72. The van der Waals surface area contributed by atoms with Crippen molar-refractivity contribution in [2.45, 2.75) is 18.2 Å². The van der Waals surface area contributed by atoms with Crippen molar-refractivity contribution in [3.8, 4) is 5.75 Å². The molecule has 1 aromatic rings. The third-order valence-corrected chi connectivity index (χ3v) is 2.66. The first-order chi connectivity index (χ1) is 5.70. The van der Waals surface area contributed by atoms with Crippen LogP contribution in [0.4, 0.5) is 5.69 Å². The highest BCUT2D eigenvalue weighted by atomic mass is 32.2. The van der Waals surface area contributed by atoms with Crippen LogP contribution in [0, 0.1) is 0 Å². The highest BCUT2D eigenvalue weighted by Gasteiger charge is 2.06. The van der Waals surface area contributed by atoms with E-state index in [1.807, 2.05) is 25.3 Å². The van der Waals surface area contributed by atoms with Gasteiger partial charge >= 0.3 is 0 Å². The molecule has 66 valence electrons. The van der Waals surface area contributed by atoms with E-state index in [0.717, 1.165) is 16.9 Å². The van der Waals surface area contributed by atoms with Crippen LogP contribution < -0.4 is 5.73 Å². The Kier molecular flexibility index (Phi) is 2.87. The van der Waals surface area contributed by atoms with Crippen molar-refractivity contribution in [2.75, 3.05) is 12.0 Å². The van der Waals surface area contributed by atoms with Crippen molar-refractivity contribution in [1.82, 2.24) is 0 Å². The first-order valence-electron chi connectivity index (χ1n) is 3.85. The van der Waals surface area contributed by atoms with E-state index in [4.69, 9.17) is 5.73 Å². The number of phenols is 1. The minimum atomic E-state index is 0.240. The maximum Gasteiger partial charge on any atom is 0.142 e. The van der Waals surface area contributed by atoms with Crippen molar-refractivity contribution in [1.29, 1.82) is 0 Å². The minimum absolute atomic E-state index is 0.240. The normalized spacial score (nSPS) is 10.2. The fourth-order valence-electron chi connectivity index (χ4n) is 1.10. The molecule has 0 aliphatic heterocycles. The Morgan fingerprint density at radius 1 is 1.50 bits per heavy atom.